The summed E-state index contributed by atoms with van der Waals surface area (Å²) in [7, 11) is 3.09. The summed E-state index contributed by atoms with van der Waals surface area (Å²) in [5.74, 6) is -8.31. The molecule has 13 nitrogen and oxygen atoms in total. The number of aromatic nitrogens is 1. The number of rotatable bonds is 6. The highest BCUT2D eigenvalue weighted by atomic mass is 32.1. The number of esters is 1. The van der Waals surface area contributed by atoms with Gasteiger partial charge in [-0.3, -0.25) is 19.3 Å². The minimum Gasteiger partial charge on any atom is -0.508 e. The van der Waals surface area contributed by atoms with Crippen LogP contribution in [0.3, 0.4) is 0 Å². The van der Waals surface area contributed by atoms with Crippen molar-refractivity contribution in [2.24, 2.45) is 17.6 Å². The van der Waals surface area contributed by atoms with Crippen molar-refractivity contribution >= 4 is 51.4 Å². The predicted octanol–water partition coefficient (Wildman–Crippen LogP) is 1.90. The van der Waals surface area contributed by atoms with Crippen LogP contribution < -0.4 is 11.1 Å². The van der Waals surface area contributed by atoms with Crippen LogP contribution in [0.1, 0.15) is 47.8 Å². The number of primary amides is 1. The van der Waals surface area contributed by atoms with Gasteiger partial charge in [0.25, 0.3) is 5.91 Å². The molecule has 1 aromatic heterocycles. The van der Waals surface area contributed by atoms with Gasteiger partial charge in [0.1, 0.15) is 22.8 Å². The molecular formula is C28H30N4O9S. The molecule has 3 aliphatic rings. The van der Waals surface area contributed by atoms with Crippen molar-refractivity contribution in [1.29, 1.82) is 0 Å². The lowest BCUT2D eigenvalue weighted by molar-refractivity contribution is -0.154. The molecular weight excluding hydrogens is 568 g/mol. The molecule has 3 aliphatic carbocycles. The number of nitrogens with one attached hydrogen (secondary N) is 1. The number of Topliss-reactive ketones (excluding diaryl/α,β-unsaturated/α-hetero) is 2. The Bertz CT molecular complexity index is 1610. The number of phenols is 1. The predicted molar refractivity (Wildman–Crippen MR) is 150 cm³/mol. The van der Waals surface area contributed by atoms with Crippen molar-refractivity contribution in [3.8, 4) is 5.75 Å². The van der Waals surface area contributed by atoms with Crippen LogP contribution in [-0.2, 0) is 19.1 Å². The van der Waals surface area contributed by atoms with E-state index in [0.29, 0.717) is 5.56 Å². The number of hydrogen-bond donors (Lipinski definition) is 6. The number of likely N-dealkylation sites (N-methyl/N-ethyl adjacent to an activating group) is 1. The molecule has 1 aromatic carbocycles. The number of carbonyl (C=O) groups is 4. The van der Waals surface area contributed by atoms with Gasteiger partial charge in [-0.2, -0.15) is 0 Å². The van der Waals surface area contributed by atoms with E-state index in [1.807, 2.05) is 0 Å². The molecule has 5 atom stereocenters. The van der Waals surface area contributed by atoms with Gasteiger partial charge in [0.15, 0.2) is 22.2 Å². The number of aliphatic hydroxyl groups is 3. The third-order valence-electron chi connectivity index (χ3n) is 8.33. The van der Waals surface area contributed by atoms with Gasteiger partial charge in [-0.25, -0.2) is 9.78 Å². The Morgan fingerprint density at radius 2 is 1.93 bits per heavy atom. The van der Waals surface area contributed by atoms with Crippen molar-refractivity contribution < 1.29 is 44.3 Å². The molecule has 0 saturated heterocycles. The van der Waals surface area contributed by atoms with Crippen molar-refractivity contribution in [2.75, 3.05) is 26.0 Å². The van der Waals surface area contributed by atoms with Crippen LogP contribution in [0.15, 0.2) is 34.4 Å². The van der Waals surface area contributed by atoms with Crippen LogP contribution in [0.4, 0.5) is 10.8 Å². The molecule has 1 fully saturated rings. The van der Waals surface area contributed by atoms with Gasteiger partial charge in [0, 0.05) is 16.9 Å². The molecule has 0 unspecified atom stereocenters. The Kier molecular flexibility index (Phi) is 7.11. The average molecular weight is 599 g/mol. The number of benzene rings is 1. The third-order valence-corrected chi connectivity index (χ3v) is 9.09. The highest BCUT2D eigenvalue weighted by Crippen LogP contribution is 2.56. The van der Waals surface area contributed by atoms with Gasteiger partial charge < -0.3 is 36.2 Å². The Labute approximate surface area is 243 Å². The molecule has 1 heterocycles. The third kappa shape index (κ3) is 4.08. The summed E-state index contributed by atoms with van der Waals surface area (Å²) >= 11 is 1.08. The molecule has 14 heteroatoms. The number of thiazole rings is 1. The molecule has 0 aliphatic heterocycles. The van der Waals surface area contributed by atoms with Gasteiger partial charge in [0.2, 0.25) is 5.78 Å². The molecule has 1 amide bonds. The van der Waals surface area contributed by atoms with E-state index in [2.05, 4.69) is 10.3 Å². The lowest BCUT2D eigenvalue weighted by Crippen LogP contribution is -2.65. The van der Waals surface area contributed by atoms with Crippen LogP contribution in [0.25, 0.3) is 5.76 Å². The Hall–Kier alpha value is -4.27. The lowest BCUT2D eigenvalue weighted by Gasteiger charge is -2.51. The molecule has 0 radical (unpaired) electrons. The number of anilines is 2. The summed E-state index contributed by atoms with van der Waals surface area (Å²) in [6.07, 6.45) is -0.0105. The van der Waals surface area contributed by atoms with Crippen LogP contribution >= 0.6 is 11.3 Å². The zero-order valence-electron chi connectivity index (χ0n) is 23.2. The van der Waals surface area contributed by atoms with Crippen LogP contribution in [0.2, 0.25) is 0 Å². The fourth-order valence-electron chi connectivity index (χ4n) is 6.38. The lowest BCUT2D eigenvalue weighted by atomic mass is 9.55. The second-order valence-corrected chi connectivity index (χ2v) is 11.6. The highest BCUT2D eigenvalue weighted by Gasteiger charge is 2.64. The maximum atomic E-state index is 14.0. The second kappa shape index (κ2) is 10.2. The second-order valence-electron chi connectivity index (χ2n) is 10.8. The summed E-state index contributed by atoms with van der Waals surface area (Å²) < 4.78 is 4.94. The normalized spacial score (nSPS) is 27.0. The Morgan fingerprint density at radius 3 is 2.55 bits per heavy atom. The van der Waals surface area contributed by atoms with E-state index in [-0.39, 0.29) is 40.7 Å². The Balaban J connectivity index is 1.61. The van der Waals surface area contributed by atoms with E-state index in [9.17, 15) is 39.6 Å². The minimum atomic E-state index is -2.72. The van der Waals surface area contributed by atoms with Crippen molar-refractivity contribution in [1.82, 2.24) is 9.88 Å². The number of nitrogens with two attached hydrogens (primary N) is 1. The number of hydrogen-bond acceptors (Lipinski definition) is 13. The number of aliphatic hydroxyl groups excluding tert-OH is 2. The van der Waals surface area contributed by atoms with E-state index in [1.165, 1.54) is 10.3 Å². The molecule has 1 saturated carbocycles. The molecule has 5 rings (SSSR count). The van der Waals surface area contributed by atoms with Crippen LogP contribution in [-0.4, -0.2) is 86.1 Å². The molecule has 222 valence electrons. The average Bonchev–Trinajstić information content (AvgIpc) is 3.39. The van der Waals surface area contributed by atoms with E-state index in [4.69, 9.17) is 10.5 Å². The number of amides is 1. The summed E-state index contributed by atoms with van der Waals surface area (Å²) in [5.41, 5.74) is 2.16. The van der Waals surface area contributed by atoms with Gasteiger partial charge >= 0.3 is 5.97 Å². The fourth-order valence-corrected chi connectivity index (χ4v) is 7.08. The standard InChI is InChI=1S/C28H30N4O9S/c1-5-41-26(39)15-9-42-27(31-15)30-14-7-6-11-10(2)12-8-13-19(32(3)4)22(35)18(25(29)38)24(37)28(13,40)23(36)17(12)21(34)16(11)20(14)33/h6-7,9-10,12-13,19,33-34,37,40H,5,8H2,1-4H3,(H2,29,38)(H,30,31)/t10-,12+,13-,19-,28-/m0/s1. The minimum absolute atomic E-state index is 0.0105. The number of ether oxygens (including phenoxy) is 1. The highest BCUT2D eigenvalue weighted by molar-refractivity contribution is 7.14. The number of phenolic OH excluding ortho intramolecular Hbond substituents is 1. The first-order chi connectivity index (χ1) is 19.7. The number of ketones is 2. The number of nitrogens with zero attached hydrogens (tertiary/aromatic N) is 2. The smallest absolute Gasteiger partial charge is 0.357 e. The van der Waals surface area contributed by atoms with Crippen molar-refractivity contribution in [3.05, 3.63) is 51.2 Å². The SMILES string of the molecule is CCOC(=O)c1csc(Nc2ccc3c(c2O)C(O)=C2C(=O)[C@]4(O)C(O)=C(C(N)=O)C(=O)[C@@H](N(C)C)[C@@H]4C[C@@H]2[C@H]3C)n1. The summed E-state index contributed by atoms with van der Waals surface area (Å²) in [6, 6.07) is 2.07. The van der Waals surface area contributed by atoms with E-state index in [0.717, 1.165) is 11.3 Å². The first kappa shape index (κ1) is 29.2. The van der Waals surface area contributed by atoms with Crippen molar-refractivity contribution in [3.63, 3.8) is 0 Å². The summed E-state index contributed by atoms with van der Waals surface area (Å²) in [4.78, 5) is 57.0. The quantitative estimate of drug-likeness (QED) is 0.160. The number of carbonyl (C=O) groups excluding carboxylic acids is 4. The monoisotopic (exact) mass is 598 g/mol. The first-order valence-electron chi connectivity index (χ1n) is 13.2. The van der Waals surface area contributed by atoms with Gasteiger partial charge in [-0.15, -0.1) is 11.3 Å². The summed E-state index contributed by atoms with van der Waals surface area (Å²) in [5, 5.41) is 50.1. The maximum absolute atomic E-state index is 14.0. The van der Waals surface area contributed by atoms with Gasteiger partial charge in [-0.05, 0) is 50.9 Å². The molecule has 0 spiro atoms. The van der Waals surface area contributed by atoms with Gasteiger partial charge in [0.05, 0.1) is 23.9 Å². The van der Waals surface area contributed by atoms with Crippen LogP contribution in [0.5, 0.6) is 5.75 Å². The first-order valence-corrected chi connectivity index (χ1v) is 14.0. The molecule has 42 heavy (non-hydrogen) atoms. The van der Waals surface area contributed by atoms with Crippen molar-refractivity contribution in [2.45, 2.75) is 37.8 Å². The van der Waals surface area contributed by atoms with E-state index >= 15 is 0 Å². The zero-order chi connectivity index (χ0) is 30.8. The largest absolute Gasteiger partial charge is 0.508 e. The number of aromatic hydroxyl groups is 1. The Morgan fingerprint density at radius 1 is 1.24 bits per heavy atom. The molecule has 7 N–H and O–H groups in total. The van der Waals surface area contributed by atoms with E-state index < -0.39 is 75.7 Å². The molecule has 0 bridgehead atoms. The maximum Gasteiger partial charge on any atom is 0.357 e. The van der Waals surface area contributed by atoms with Gasteiger partial charge in [-0.1, -0.05) is 13.0 Å². The van der Waals surface area contributed by atoms with Crippen LogP contribution in [0, 0.1) is 11.8 Å². The topological polar surface area (TPSA) is 213 Å². The molecule has 2 aromatic rings. The van der Waals surface area contributed by atoms with E-state index in [1.54, 1.807) is 40.1 Å². The fraction of sp³-hybridized carbons (Fsp3) is 0.393. The number of fused-ring (bicyclic) bond motifs is 3. The zero-order valence-corrected chi connectivity index (χ0v) is 24.0. The summed E-state index contributed by atoms with van der Waals surface area (Å²) in [6.45, 7) is 3.63.